The molecule has 3 heteroatoms. The molecule has 0 saturated carbocycles. The zero-order valence-corrected chi connectivity index (χ0v) is 9.50. The first kappa shape index (κ1) is 11.6. The number of rotatable bonds is 3. The lowest BCUT2D eigenvalue weighted by atomic mass is 10.1. The fourth-order valence-corrected chi connectivity index (χ4v) is 1.62. The summed E-state index contributed by atoms with van der Waals surface area (Å²) in [5.41, 5.74) is 2.83. The van der Waals surface area contributed by atoms with E-state index in [0.29, 0.717) is 12.1 Å². The Morgan fingerprint density at radius 1 is 1.00 bits per heavy atom. The number of para-hydroxylation sites is 1. The second-order valence-corrected chi connectivity index (χ2v) is 3.92. The van der Waals surface area contributed by atoms with Crippen LogP contribution in [-0.2, 0) is 6.54 Å². The first-order valence-corrected chi connectivity index (χ1v) is 5.40. The molecule has 1 N–H and O–H groups in total. The molecule has 0 aliphatic heterocycles. The van der Waals surface area contributed by atoms with E-state index in [4.69, 9.17) is 0 Å². The number of halogens is 2. The Morgan fingerprint density at radius 2 is 1.76 bits per heavy atom. The number of hydrogen-bond acceptors (Lipinski definition) is 1. The second-order valence-electron chi connectivity index (χ2n) is 3.92. The minimum atomic E-state index is -0.815. The van der Waals surface area contributed by atoms with Gasteiger partial charge in [0.1, 0.15) is 0 Å². The topological polar surface area (TPSA) is 12.0 Å². The highest BCUT2D eigenvalue weighted by Crippen LogP contribution is 2.15. The van der Waals surface area contributed by atoms with Gasteiger partial charge in [-0.15, -0.1) is 0 Å². The van der Waals surface area contributed by atoms with E-state index < -0.39 is 11.6 Å². The van der Waals surface area contributed by atoms with Gasteiger partial charge in [-0.25, -0.2) is 8.78 Å². The normalized spacial score (nSPS) is 10.3. The lowest BCUT2D eigenvalue weighted by Gasteiger charge is -2.09. The van der Waals surface area contributed by atoms with Crippen molar-refractivity contribution in [3.05, 3.63) is 65.2 Å². The van der Waals surface area contributed by atoms with E-state index in [9.17, 15) is 8.78 Å². The minimum Gasteiger partial charge on any atom is -0.381 e. The lowest BCUT2D eigenvalue weighted by Crippen LogP contribution is -2.01. The van der Waals surface area contributed by atoms with Gasteiger partial charge in [0.25, 0.3) is 0 Å². The van der Waals surface area contributed by atoms with Crippen LogP contribution in [0.25, 0.3) is 0 Å². The van der Waals surface area contributed by atoms with E-state index in [1.807, 2.05) is 31.2 Å². The van der Waals surface area contributed by atoms with Gasteiger partial charge in [-0.2, -0.15) is 0 Å². The van der Waals surface area contributed by atoms with Gasteiger partial charge in [-0.05, 0) is 36.2 Å². The number of benzene rings is 2. The van der Waals surface area contributed by atoms with Crippen molar-refractivity contribution in [3.8, 4) is 0 Å². The molecule has 0 heterocycles. The summed E-state index contributed by atoms with van der Waals surface area (Å²) < 4.78 is 25.7. The van der Waals surface area contributed by atoms with Gasteiger partial charge in [0, 0.05) is 12.2 Å². The fourth-order valence-electron chi connectivity index (χ4n) is 1.62. The molecule has 88 valence electrons. The summed E-state index contributed by atoms with van der Waals surface area (Å²) in [7, 11) is 0. The molecule has 0 atom stereocenters. The van der Waals surface area contributed by atoms with Crippen LogP contribution in [0.1, 0.15) is 11.1 Å². The maximum Gasteiger partial charge on any atom is 0.159 e. The SMILES string of the molecule is Cc1ccccc1NCc1ccc(F)c(F)c1. The Kier molecular flexibility index (Phi) is 3.38. The number of hydrogen-bond donors (Lipinski definition) is 1. The molecular weight excluding hydrogens is 220 g/mol. The van der Waals surface area contributed by atoms with Crippen LogP contribution in [0.4, 0.5) is 14.5 Å². The molecule has 0 aliphatic carbocycles. The molecule has 0 saturated heterocycles. The summed E-state index contributed by atoms with van der Waals surface area (Å²) in [6.45, 7) is 2.47. The van der Waals surface area contributed by atoms with Crippen molar-refractivity contribution in [2.45, 2.75) is 13.5 Å². The molecule has 0 spiro atoms. The highest BCUT2D eigenvalue weighted by Gasteiger charge is 2.02. The van der Waals surface area contributed by atoms with Crippen molar-refractivity contribution in [3.63, 3.8) is 0 Å². The van der Waals surface area contributed by atoms with Gasteiger partial charge in [0.15, 0.2) is 11.6 Å². The summed E-state index contributed by atoms with van der Waals surface area (Å²) in [5.74, 6) is -1.63. The quantitative estimate of drug-likeness (QED) is 0.848. The Labute approximate surface area is 99.1 Å². The Bertz CT molecular complexity index is 523. The summed E-state index contributed by atoms with van der Waals surface area (Å²) in [4.78, 5) is 0. The second kappa shape index (κ2) is 4.95. The van der Waals surface area contributed by atoms with Gasteiger partial charge in [0.05, 0.1) is 0 Å². The summed E-state index contributed by atoms with van der Waals surface area (Å²) in [6, 6.07) is 11.8. The van der Waals surface area contributed by atoms with E-state index in [-0.39, 0.29) is 0 Å². The van der Waals surface area contributed by atoms with Crippen molar-refractivity contribution in [2.24, 2.45) is 0 Å². The third kappa shape index (κ3) is 2.81. The Morgan fingerprint density at radius 3 is 2.47 bits per heavy atom. The van der Waals surface area contributed by atoms with Crippen LogP contribution in [0.15, 0.2) is 42.5 Å². The highest BCUT2D eigenvalue weighted by atomic mass is 19.2. The smallest absolute Gasteiger partial charge is 0.159 e. The first-order chi connectivity index (χ1) is 8.16. The first-order valence-electron chi connectivity index (χ1n) is 5.40. The number of anilines is 1. The summed E-state index contributed by atoms with van der Waals surface area (Å²) >= 11 is 0. The van der Waals surface area contributed by atoms with Crippen molar-refractivity contribution in [2.75, 3.05) is 5.32 Å². The average molecular weight is 233 g/mol. The zero-order chi connectivity index (χ0) is 12.3. The molecule has 2 aromatic rings. The Hall–Kier alpha value is -1.90. The van der Waals surface area contributed by atoms with Gasteiger partial charge >= 0.3 is 0 Å². The predicted molar refractivity (Wildman–Crippen MR) is 64.9 cm³/mol. The van der Waals surface area contributed by atoms with Crippen molar-refractivity contribution < 1.29 is 8.78 Å². The number of aryl methyl sites for hydroxylation is 1. The van der Waals surface area contributed by atoms with E-state index in [1.54, 1.807) is 6.07 Å². The largest absolute Gasteiger partial charge is 0.381 e. The van der Waals surface area contributed by atoms with Crippen molar-refractivity contribution in [1.82, 2.24) is 0 Å². The van der Waals surface area contributed by atoms with Crippen molar-refractivity contribution >= 4 is 5.69 Å². The molecule has 2 rings (SSSR count). The van der Waals surface area contributed by atoms with Crippen LogP contribution in [0, 0.1) is 18.6 Å². The van der Waals surface area contributed by atoms with Crippen LogP contribution >= 0.6 is 0 Å². The van der Waals surface area contributed by atoms with Gasteiger partial charge < -0.3 is 5.32 Å². The summed E-state index contributed by atoms with van der Waals surface area (Å²) in [5, 5.41) is 3.19. The summed E-state index contributed by atoms with van der Waals surface area (Å²) in [6.07, 6.45) is 0. The van der Waals surface area contributed by atoms with E-state index in [2.05, 4.69) is 5.32 Å². The van der Waals surface area contributed by atoms with Gasteiger partial charge in [-0.3, -0.25) is 0 Å². The van der Waals surface area contributed by atoms with Gasteiger partial charge in [-0.1, -0.05) is 24.3 Å². The molecule has 2 aromatic carbocycles. The fraction of sp³-hybridized carbons (Fsp3) is 0.143. The predicted octanol–water partition coefficient (Wildman–Crippen LogP) is 3.89. The van der Waals surface area contributed by atoms with E-state index >= 15 is 0 Å². The standard InChI is InChI=1S/C14H13F2N/c1-10-4-2-3-5-14(10)17-9-11-6-7-12(15)13(16)8-11/h2-8,17H,9H2,1H3. The van der Waals surface area contributed by atoms with Gasteiger partial charge in [0.2, 0.25) is 0 Å². The molecule has 0 fully saturated rings. The van der Waals surface area contributed by atoms with E-state index in [0.717, 1.165) is 17.3 Å². The van der Waals surface area contributed by atoms with E-state index in [1.165, 1.54) is 6.07 Å². The third-order valence-corrected chi connectivity index (χ3v) is 2.61. The molecule has 0 aliphatic rings. The average Bonchev–Trinajstić information content (AvgIpc) is 2.32. The van der Waals surface area contributed by atoms with Crippen LogP contribution in [0.3, 0.4) is 0 Å². The monoisotopic (exact) mass is 233 g/mol. The Balaban J connectivity index is 2.08. The van der Waals surface area contributed by atoms with Crippen LogP contribution < -0.4 is 5.32 Å². The molecule has 0 amide bonds. The molecular formula is C14H13F2N. The zero-order valence-electron chi connectivity index (χ0n) is 9.50. The van der Waals surface area contributed by atoms with Crippen LogP contribution in [-0.4, -0.2) is 0 Å². The maximum atomic E-state index is 13.0. The van der Waals surface area contributed by atoms with Crippen molar-refractivity contribution in [1.29, 1.82) is 0 Å². The molecule has 0 radical (unpaired) electrons. The lowest BCUT2D eigenvalue weighted by molar-refractivity contribution is 0.507. The third-order valence-electron chi connectivity index (χ3n) is 2.61. The number of nitrogens with one attached hydrogen (secondary N) is 1. The molecule has 0 bridgehead atoms. The molecule has 17 heavy (non-hydrogen) atoms. The highest BCUT2D eigenvalue weighted by molar-refractivity contribution is 5.50. The molecule has 0 aromatic heterocycles. The molecule has 1 nitrogen and oxygen atoms in total. The van der Waals surface area contributed by atoms with Crippen LogP contribution in [0.5, 0.6) is 0 Å². The minimum absolute atomic E-state index is 0.474. The molecule has 0 unspecified atom stereocenters. The van der Waals surface area contributed by atoms with Crippen LogP contribution in [0.2, 0.25) is 0 Å². The maximum absolute atomic E-state index is 13.0.